The lowest BCUT2D eigenvalue weighted by Gasteiger charge is -2.23. The number of aromatic nitrogens is 3. The molecule has 5 rings (SSSR count). The van der Waals surface area contributed by atoms with Gasteiger partial charge in [-0.05, 0) is 54.8 Å². The Hall–Kier alpha value is -3.55. The molecule has 1 aliphatic carbocycles. The van der Waals surface area contributed by atoms with E-state index in [0.717, 1.165) is 59.1 Å². The molecule has 31 heavy (non-hydrogen) atoms. The standard InChI is InChI=1S/C23H19F3N4O/c24-23(25,26)17-5-7-18(8-6-17)30-13-16(11-28-30)15-4-9-20-19(10-15)21(12-27-20)29-22(31)14-2-1-3-14/h4-14,27H,1-3H2,(H,29,31). The van der Waals surface area contributed by atoms with Crippen LogP contribution in [-0.4, -0.2) is 20.7 Å². The van der Waals surface area contributed by atoms with Gasteiger partial charge in [0.1, 0.15) is 0 Å². The Kier molecular flexibility index (Phi) is 4.57. The third kappa shape index (κ3) is 3.69. The van der Waals surface area contributed by atoms with E-state index in [2.05, 4.69) is 15.4 Å². The van der Waals surface area contributed by atoms with Crippen molar-refractivity contribution in [3.63, 3.8) is 0 Å². The zero-order chi connectivity index (χ0) is 21.6. The molecule has 1 fully saturated rings. The first-order valence-corrected chi connectivity index (χ1v) is 10.0. The number of halogens is 3. The Balaban J connectivity index is 1.41. The lowest BCUT2D eigenvalue weighted by Crippen LogP contribution is -2.27. The smallest absolute Gasteiger partial charge is 0.359 e. The van der Waals surface area contributed by atoms with Crippen molar-refractivity contribution in [2.45, 2.75) is 25.4 Å². The minimum Gasteiger partial charge on any atom is -0.359 e. The number of alkyl halides is 3. The molecule has 0 atom stereocenters. The van der Waals surface area contributed by atoms with Crippen molar-refractivity contribution in [2.24, 2.45) is 5.92 Å². The van der Waals surface area contributed by atoms with Gasteiger partial charge in [0, 0.05) is 34.8 Å². The van der Waals surface area contributed by atoms with Crippen molar-refractivity contribution in [3.8, 4) is 16.8 Å². The van der Waals surface area contributed by atoms with Gasteiger partial charge >= 0.3 is 6.18 Å². The zero-order valence-corrected chi connectivity index (χ0v) is 16.4. The van der Waals surface area contributed by atoms with E-state index >= 15 is 0 Å². The van der Waals surface area contributed by atoms with E-state index in [0.29, 0.717) is 5.69 Å². The van der Waals surface area contributed by atoms with Gasteiger partial charge in [0.25, 0.3) is 0 Å². The van der Waals surface area contributed by atoms with Crippen LogP contribution in [0.4, 0.5) is 18.9 Å². The number of fused-ring (bicyclic) bond motifs is 1. The predicted octanol–water partition coefficient (Wildman–Crippen LogP) is 5.78. The second kappa shape index (κ2) is 7.30. The Morgan fingerprint density at radius 2 is 1.87 bits per heavy atom. The number of hydrogen-bond donors (Lipinski definition) is 2. The summed E-state index contributed by atoms with van der Waals surface area (Å²) in [5.74, 6) is 0.141. The van der Waals surface area contributed by atoms with Crippen LogP contribution in [0.15, 0.2) is 61.1 Å². The van der Waals surface area contributed by atoms with Crippen LogP contribution in [-0.2, 0) is 11.0 Å². The molecule has 2 N–H and O–H groups in total. The number of hydrogen-bond acceptors (Lipinski definition) is 2. The molecule has 0 bridgehead atoms. The first kappa shape index (κ1) is 19.4. The van der Waals surface area contributed by atoms with E-state index in [1.807, 2.05) is 18.2 Å². The van der Waals surface area contributed by atoms with Crippen LogP contribution in [0.5, 0.6) is 0 Å². The molecule has 2 aromatic carbocycles. The number of nitrogens with one attached hydrogen (secondary N) is 2. The molecule has 1 aliphatic rings. The van der Waals surface area contributed by atoms with Crippen LogP contribution in [0.1, 0.15) is 24.8 Å². The van der Waals surface area contributed by atoms with Gasteiger partial charge in [0.15, 0.2) is 0 Å². The van der Waals surface area contributed by atoms with Crippen LogP contribution in [0.2, 0.25) is 0 Å². The van der Waals surface area contributed by atoms with Gasteiger partial charge in [0.05, 0.1) is 23.1 Å². The molecule has 2 aromatic heterocycles. The molecular formula is C23H19F3N4O. The summed E-state index contributed by atoms with van der Waals surface area (Å²) in [5, 5.41) is 8.20. The summed E-state index contributed by atoms with van der Waals surface area (Å²) >= 11 is 0. The van der Waals surface area contributed by atoms with Gasteiger partial charge in [-0.25, -0.2) is 4.68 Å². The number of benzene rings is 2. The van der Waals surface area contributed by atoms with Crippen molar-refractivity contribution in [1.82, 2.24) is 14.8 Å². The van der Waals surface area contributed by atoms with Gasteiger partial charge in [-0.3, -0.25) is 4.79 Å². The number of nitrogens with zero attached hydrogens (tertiary/aromatic N) is 2. The molecule has 0 spiro atoms. The maximum atomic E-state index is 12.8. The second-order valence-corrected chi connectivity index (χ2v) is 7.80. The molecule has 8 heteroatoms. The monoisotopic (exact) mass is 424 g/mol. The number of aromatic amines is 1. The maximum Gasteiger partial charge on any atom is 0.416 e. The highest BCUT2D eigenvalue weighted by atomic mass is 19.4. The number of anilines is 1. The third-order valence-electron chi connectivity index (χ3n) is 5.79. The summed E-state index contributed by atoms with van der Waals surface area (Å²) in [5.41, 5.74) is 3.20. The lowest BCUT2D eigenvalue weighted by atomic mass is 9.85. The molecule has 0 saturated heterocycles. The fourth-order valence-corrected chi connectivity index (χ4v) is 3.73. The van der Waals surface area contributed by atoms with Crippen LogP contribution in [0, 0.1) is 5.92 Å². The summed E-state index contributed by atoms with van der Waals surface area (Å²) in [6.45, 7) is 0. The molecule has 1 amide bonds. The van der Waals surface area contributed by atoms with E-state index < -0.39 is 11.7 Å². The molecule has 4 aromatic rings. The average molecular weight is 424 g/mol. The minimum atomic E-state index is -4.37. The summed E-state index contributed by atoms with van der Waals surface area (Å²) in [6.07, 6.45) is 3.81. The molecular weight excluding hydrogens is 405 g/mol. The first-order chi connectivity index (χ1) is 14.9. The zero-order valence-electron chi connectivity index (χ0n) is 16.4. The second-order valence-electron chi connectivity index (χ2n) is 7.80. The fraction of sp³-hybridized carbons (Fsp3) is 0.217. The highest BCUT2D eigenvalue weighted by Gasteiger charge is 2.30. The van der Waals surface area contributed by atoms with E-state index in [4.69, 9.17) is 0 Å². The Labute approximate surface area is 175 Å². The maximum absolute atomic E-state index is 12.8. The van der Waals surface area contributed by atoms with E-state index in [-0.39, 0.29) is 11.8 Å². The molecule has 1 saturated carbocycles. The average Bonchev–Trinajstić information content (AvgIpc) is 3.33. The number of rotatable bonds is 4. The number of carbonyl (C=O) groups excluding carboxylic acids is 1. The lowest BCUT2D eigenvalue weighted by molar-refractivity contribution is -0.137. The summed E-state index contributed by atoms with van der Waals surface area (Å²) in [6, 6.07) is 10.7. The van der Waals surface area contributed by atoms with Gasteiger partial charge in [-0.1, -0.05) is 12.5 Å². The highest BCUT2D eigenvalue weighted by Crippen LogP contribution is 2.33. The highest BCUT2D eigenvalue weighted by molar-refractivity contribution is 6.03. The van der Waals surface area contributed by atoms with Crippen LogP contribution < -0.4 is 5.32 Å². The summed E-state index contributed by atoms with van der Waals surface area (Å²) < 4.78 is 39.9. The normalized spacial score (nSPS) is 14.5. The van der Waals surface area contributed by atoms with Crippen LogP contribution in [0.25, 0.3) is 27.7 Å². The third-order valence-corrected chi connectivity index (χ3v) is 5.79. The summed E-state index contributed by atoms with van der Waals surface area (Å²) in [4.78, 5) is 15.5. The van der Waals surface area contributed by atoms with Crippen LogP contribution in [0.3, 0.4) is 0 Å². The number of H-pyrrole nitrogens is 1. The fourth-order valence-electron chi connectivity index (χ4n) is 3.73. The van der Waals surface area contributed by atoms with E-state index in [1.165, 1.54) is 16.8 Å². The van der Waals surface area contributed by atoms with Gasteiger partial charge < -0.3 is 10.3 Å². The molecule has 158 valence electrons. The van der Waals surface area contributed by atoms with E-state index in [9.17, 15) is 18.0 Å². The van der Waals surface area contributed by atoms with Crippen molar-refractivity contribution in [1.29, 1.82) is 0 Å². The molecule has 0 aliphatic heterocycles. The van der Waals surface area contributed by atoms with Gasteiger partial charge in [-0.15, -0.1) is 0 Å². The topological polar surface area (TPSA) is 62.7 Å². The van der Waals surface area contributed by atoms with Crippen molar-refractivity contribution >= 4 is 22.5 Å². The number of amides is 1. The SMILES string of the molecule is O=C(Nc1c[nH]c2ccc(-c3cnn(-c4ccc(C(F)(F)F)cc4)c3)cc12)C1CCC1. The van der Waals surface area contributed by atoms with E-state index in [1.54, 1.807) is 18.6 Å². The molecule has 0 radical (unpaired) electrons. The number of carbonyl (C=O) groups is 1. The minimum absolute atomic E-state index is 0.0488. The molecule has 5 nitrogen and oxygen atoms in total. The molecule has 0 unspecified atom stereocenters. The van der Waals surface area contributed by atoms with Crippen LogP contribution >= 0.6 is 0 Å². The Bertz CT molecular complexity index is 1250. The first-order valence-electron chi connectivity index (χ1n) is 10.0. The molecule has 2 heterocycles. The Morgan fingerprint density at radius 1 is 1.10 bits per heavy atom. The summed E-state index contributed by atoms with van der Waals surface area (Å²) in [7, 11) is 0. The predicted molar refractivity (Wildman–Crippen MR) is 112 cm³/mol. The van der Waals surface area contributed by atoms with Gasteiger partial charge in [0.2, 0.25) is 5.91 Å². The Morgan fingerprint density at radius 3 is 2.55 bits per heavy atom. The van der Waals surface area contributed by atoms with Crippen molar-refractivity contribution in [2.75, 3.05) is 5.32 Å². The van der Waals surface area contributed by atoms with Crippen molar-refractivity contribution in [3.05, 3.63) is 66.6 Å². The largest absolute Gasteiger partial charge is 0.416 e. The van der Waals surface area contributed by atoms with Crippen molar-refractivity contribution < 1.29 is 18.0 Å². The quantitative estimate of drug-likeness (QED) is 0.436. The van der Waals surface area contributed by atoms with Gasteiger partial charge in [-0.2, -0.15) is 18.3 Å².